The maximum absolute atomic E-state index is 12.4. The molecule has 162 valence electrons. The third kappa shape index (κ3) is 5.17. The Balaban J connectivity index is 1.27. The fourth-order valence-corrected chi connectivity index (χ4v) is 3.87. The summed E-state index contributed by atoms with van der Waals surface area (Å²) in [4.78, 5) is 12.4. The number of hydrogen-bond donors (Lipinski definition) is 2. The summed E-state index contributed by atoms with van der Waals surface area (Å²) < 4.78 is 11.4. The molecule has 0 spiro atoms. The summed E-state index contributed by atoms with van der Waals surface area (Å²) >= 11 is 0. The molecule has 1 unspecified atom stereocenters. The molecular weight excluding hydrogens is 390 g/mol. The van der Waals surface area contributed by atoms with E-state index < -0.39 is 6.10 Å². The van der Waals surface area contributed by atoms with Crippen molar-refractivity contribution in [2.24, 2.45) is 0 Å². The zero-order valence-corrected chi connectivity index (χ0v) is 18.1. The number of benzene rings is 2. The van der Waals surface area contributed by atoms with Crippen molar-refractivity contribution in [1.82, 2.24) is 5.32 Å². The lowest BCUT2D eigenvalue weighted by Gasteiger charge is -2.13. The van der Waals surface area contributed by atoms with Gasteiger partial charge in [-0.25, -0.2) is 0 Å². The maximum Gasteiger partial charge on any atom is 0.287 e. The van der Waals surface area contributed by atoms with E-state index in [2.05, 4.69) is 31.3 Å². The molecule has 1 amide bonds. The van der Waals surface area contributed by atoms with E-state index in [1.807, 2.05) is 30.3 Å². The van der Waals surface area contributed by atoms with E-state index in [9.17, 15) is 9.90 Å². The molecule has 0 fully saturated rings. The standard InChI is InChI=1S/C26H29NO4/c1-17(2)18-6-8-20(9-7-18)24(28)15-27-26(29)25-13-12-23(31-25)16-30-22-11-10-19-4-3-5-21(19)14-22/h6-14,17,24,28H,3-5,15-16H2,1-2H3,(H,27,29). The third-order valence-electron chi connectivity index (χ3n) is 5.78. The number of rotatable bonds is 8. The largest absolute Gasteiger partial charge is 0.486 e. The van der Waals surface area contributed by atoms with Gasteiger partial charge < -0.3 is 19.6 Å². The number of amides is 1. The van der Waals surface area contributed by atoms with Crippen LogP contribution in [-0.2, 0) is 19.4 Å². The van der Waals surface area contributed by atoms with Crippen LogP contribution >= 0.6 is 0 Å². The highest BCUT2D eigenvalue weighted by atomic mass is 16.5. The van der Waals surface area contributed by atoms with Gasteiger partial charge in [0, 0.05) is 6.54 Å². The first-order valence-electron chi connectivity index (χ1n) is 10.9. The molecule has 1 aliphatic rings. The normalized spacial score (nSPS) is 13.8. The van der Waals surface area contributed by atoms with Crippen LogP contribution < -0.4 is 10.1 Å². The van der Waals surface area contributed by atoms with Crippen LogP contribution in [0, 0.1) is 0 Å². The minimum atomic E-state index is -0.775. The Hall–Kier alpha value is -3.05. The predicted octanol–water partition coefficient (Wildman–Crippen LogP) is 4.93. The molecule has 1 aliphatic carbocycles. The lowest BCUT2D eigenvalue weighted by molar-refractivity contribution is 0.0885. The van der Waals surface area contributed by atoms with Gasteiger partial charge in [0.15, 0.2) is 5.76 Å². The maximum atomic E-state index is 12.4. The molecule has 1 atom stereocenters. The highest BCUT2D eigenvalue weighted by Gasteiger charge is 2.15. The summed E-state index contributed by atoms with van der Waals surface area (Å²) in [5.41, 5.74) is 4.74. The molecule has 2 aromatic carbocycles. The quantitative estimate of drug-likeness (QED) is 0.543. The van der Waals surface area contributed by atoms with E-state index in [0.717, 1.165) is 24.2 Å². The molecule has 0 saturated carbocycles. The predicted molar refractivity (Wildman–Crippen MR) is 119 cm³/mol. The number of nitrogens with one attached hydrogen (secondary N) is 1. The molecule has 3 aromatic rings. The number of aliphatic hydroxyl groups excluding tert-OH is 1. The summed E-state index contributed by atoms with van der Waals surface area (Å²) in [6.07, 6.45) is 2.67. The first-order chi connectivity index (χ1) is 15.0. The first kappa shape index (κ1) is 21.2. The number of aliphatic hydroxyl groups is 1. The van der Waals surface area contributed by atoms with Crippen molar-refractivity contribution in [3.8, 4) is 5.75 Å². The summed E-state index contributed by atoms with van der Waals surface area (Å²) in [5, 5.41) is 13.1. The summed E-state index contributed by atoms with van der Waals surface area (Å²) in [5.74, 6) is 1.67. The van der Waals surface area contributed by atoms with Gasteiger partial charge >= 0.3 is 0 Å². The van der Waals surface area contributed by atoms with Crippen LogP contribution in [0.15, 0.2) is 59.0 Å². The van der Waals surface area contributed by atoms with Gasteiger partial charge in [0.25, 0.3) is 5.91 Å². The molecule has 1 heterocycles. The van der Waals surface area contributed by atoms with E-state index in [0.29, 0.717) is 11.7 Å². The van der Waals surface area contributed by atoms with Crippen LogP contribution in [-0.4, -0.2) is 17.6 Å². The fraction of sp³-hybridized carbons (Fsp3) is 0.346. The van der Waals surface area contributed by atoms with Gasteiger partial charge in [-0.2, -0.15) is 0 Å². The van der Waals surface area contributed by atoms with E-state index in [1.165, 1.54) is 23.1 Å². The van der Waals surface area contributed by atoms with Gasteiger partial charge in [-0.1, -0.05) is 44.2 Å². The number of fused-ring (bicyclic) bond motifs is 1. The van der Waals surface area contributed by atoms with Crippen molar-refractivity contribution in [1.29, 1.82) is 0 Å². The van der Waals surface area contributed by atoms with Crippen LogP contribution in [0.3, 0.4) is 0 Å². The molecule has 0 saturated heterocycles. The van der Waals surface area contributed by atoms with E-state index >= 15 is 0 Å². The smallest absolute Gasteiger partial charge is 0.287 e. The van der Waals surface area contributed by atoms with Crippen molar-refractivity contribution in [2.75, 3.05) is 6.54 Å². The lowest BCUT2D eigenvalue weighted by atomic mass is 10.00. The fourth-order valence-electron chi connectivity index (χ4n) is 3.87. The lowest BCUT2D eigenvalue weighted by Crippen LogP contribution is -2.28. The summed E-state index contributed by atoms with van der Waals surface area (Å²) in [6.45, 7) is 4.62. The Labute approximate surface area is 183 Å². The van der Waals surface area contributed by atoms with E-state index in [-0.39, 0.29) is 24.8 Å². The molecule has 0 bridgehead atoms. The van der Waals surface area contributed by atoms with E-state index in [4.69, 9.17) is 9.15 Å². The molecule has 31 heavy (non-hydrogen) atoms. The van der Waals surface area contributed by atoms with Gasteiger partial charge in [-0.3, -0.25) is 4.79 Å². The summed E-state index contributed by atoms with van der Waals surface area (Å²) in [6, 6.07) is 17.4. The average molecular weight is 420 g/mol. The molecular formula is C26H29NO4. The molecule has 2 N–H and O–H groups in total. The number of furan rings is 1. The minimum absolute atomic E-state index is 0.113. The minimum Gasteiger partial charge on any atom is -0.486 e. The second-order valence-corrected chi connectivity index (χ2v) is 8.39. The highest BCUT2D eigenvalue weighted by Crippen LogP contribution is 2.26. The molecule has 1 aromatic heterocycles. The zero-order chi connectivity index (χ0) is 21.8. The van der Waals surface area contributed by atoms with Crippen LogP contribution in [0.4, 0.5) is 0 Å². The molecule has 0 aliphatic heterocycles. The Morgan fingerprint density at radius 3 is 2.55 bits per heavy atom. The second kappa shape index (κ2) is 9.40. The highest BCUT2D eigenvalue weighted by molar-refractivity contribution is 5.91. The van der Waals surface area contributed by atoms with Crippen LogP contribution in [0.2, 0.25) is 0 Å². The number of carbonyl (C=O) groups is 1. The monoisotopic (exact) mass is 419 g/mol. The molecule has 4 rings (SSSR count). The Kier molecular flexibility index (Phi) is 6.42. The van der Waals surface area contributed by atoms with Gasteiger partial charge in [0.2, 0.25) is 0 Å². The van der Waals surface area contributed by atoms with E-state index in [1.54, 1.807) is 12.1 Å². The zero-order valence-electron chi connectivity index (χ0n) is 18.1. The topological polar surface area (TPSA) is 71.7 Å². The molecule has 5 nitrogen and oxygen atoms in total. The number of carbonyl (C=O) groups excluding carboxylic acids is 1. The second-order valence-electron chi connectivity index (χ2n) is 8.39. The van der Waals surface area contributed by atoms with Gasteiger partial charge in [-0.15, -0.1) is 0 Å². The van der Waals surface area contributed by atoms with Crippen molar-refractivity contribution in [3.63, 3.8) is 0 Å². The SMILES string of the molecule is CC(C)c1ccc(C(O)CNC(=O)c2ccc(COc3ccc4c(c3)CCC4)o2)cc1. The number of ether oxygens (including phenoxy) is 1. The Morgan fingerprint density at radius 1 is 1.03 bits per heavy atom. The van der Waals surface area contributed by atoms with Gasteiger partial charge in [0.05, 0.1) is 6.10 Å². The third-order valence-corrected chi connectivity index (χ3v) is 5.78. The Bertz CT molecular complexity index is 1040. The molecule has 5 heteroatoms. The van der Waals surface area contributed by atoms with Gasteiger partial charge in [0.1, 0.15) is 18.1 Å². The Morgan fingerprint density at radius 2 is 1.77 bits per heavy atom. The van der Waals surface area contributed by atoms with Crippen molar-refractivity contribution in [3.05, 3.63) is 88.4 Å². The van der Waals surface area contributed by atoms with Crippen molar-refractivity contribution in [2.45, 2.75) is 51.7 Å². The van der Waals surface area contributed by atoms with Crippen molar-refractivity contribution < 1.29 is 19.1 Å². The molecule has 0 radical (unpaired) electrons. The number of aryl methyl sites for hydroxylation is 2. The van der Waals surface area contributed by atoms with Crippen molar-refractivity contribution >= 4 is 5.91 Å². The first-order valence-corrected chi connectivity index (χ1v) is 10.9. The van der Waals surface area contributed by atoms with Crippen LogP contribution in [0.1, 0.15) is 70.9 Å². The van der Waals surface area contributed by atoms with Gasteiger partial charge in [-0.05, 0) is 71.7 Å². The van der Waals surface area contributed by atoms with Crippen LogP contribution in [0.25, 0.3) is 0 Å². The average Bonchev–Trinajstić information content (AvgIpc) is 3.45. The number of hydrogen-bond acceptors (Lipinski definition) is 4. The summed E-state index contributed by atoms with van der Waals surface area (Å²) in [7, 11) is 0. The van der Waals surface area contributed by atoms with Crippen LogP contribution in [0.5, 0.6) is 5.75 Å².